The molecule has 0 radical (unpaired) electrons. The Morgan fingerprint density at radius 1 is 1.38 bits per heavy atom. The van der Waals surface area contributed by atoms with E-state index >= 15 is 0 Å². The number of carbonyl (C=O) groups excluding carboxylic acids is 2. The van der Waals surface area contributed by atoms with Gasteiger partial charge >= 0.3 is 5.97 Å². The van der Waals surface area contributed by atoms with Crippen LogP contribution in [0.2, 0.25) is 0 Å². The van der Waals surface area contributed by atoms with Crippen molar-refractivity contribution in [3.05, 3.63) is 30.1 Å². The van der Waals surface area contributed by atoms with Crippen LogP contribution in [0.5, 0.6) is 0 Å². The summed E-state index contributed by atoms with van der Waals surface area (Å²) in [4.78, 5) is 29.9. The largest absolute Gasteiger partial charge is 0.466 e. The molecular weight excluding hydrogens is 268 g/mol. The maximum atomic E-state index is 12.4. The molecule has 0 N–H and O–H groups in total. The Morgan fingerprint density at radius 3 is 2.76 bits per heavy atom. The highest BCUT2D eigenvalue weighted by molar-refractivity contribution is 5.80. The highest BCUT2D eigenvalue weighted by atomic mass is 16.5. The maximum Gasteiger partial charge on any atom is 0.307 e. The van der Waals surface area contributed by atoms with Gasteiger partial charge in [-0.3, -0.25) is 14.6 Å². The normalized spacial score (nSPS) is 14.3. The summed E-state index contributed by atoms with van der Waals surface area (Å²) in [5.41, 5.74) is 0.842. The first-order chi connectivity index (χ1) is 10.2. The fourth-order valence-electron chi connectivity index (χ4n) is 2.33. The molecule has 0 atom stereocenters. The van der Waals surface area contributed by atoms with Crippen LogP contribution in [0, 0.1) is 5.92 Å². The number of nitrogens with zero attached hydrogens (tertiary/aromatic N) is 2. The minimum absolute atomic E-state index is 0.121. The minimum atomic E-state index is -0.259. The quantitative estimate of drug-likeness (QED) is 0.722. The molecule has 2 rings (SSSR count). The van der Waals surface area contributed by atoms with Crippen LogP contribution in [0.4, 0.5) is 0 Å². The molecule has 0 unspecified atom stereocenters. The number of amides is 1. The van der Waals surface area contributed by atoms with E-state index < -0.39 is 0 Å². The second kappa shape index (κ2) is 7.76. The number of aromatic nitrogens is 1. The summed E-state index contributed by atoms with van der Waals surface area (Å²) in [6, 6.07) is 5.64. The molecule has 0 spiro atoms. The molecule has 114 valence electrons. The van der Waals surface area contributed by atoms with Crippen molar-refractivity contribution < 1.29 is 14.3 Å². The van der Waals surface area contributed by atoms with Crippen LogP contribution in [0.1, 0.15) is 38.3 Å². The van der Waals surface area contributed by atoms with E-state index in [1.807, 2.05) is 18.2 Å². The van der Waals surface area contributed by atoms with Crippen molar-refractivity contribution in [1.29, 1.82) is 0 Å². The van der Waals surface area contributed by atoms with Crippen LogP contribution in [-0.2, 0) is 20.9 Å². The zero-order valence-electron chi connectivity index (χ0n) is 12.5. The number of hydrogen-bond donors (Lipinski definition) is 0. The monoisotopic (exact) mass is 290 g/mol. The molecule has 0 aromatic carbocycles. The van der Waals surface area contributed by atoms with Crippen LogP contribution < -0.4 is 0 Å². The summed E-state index contributed by atoms with van der Waals surface area (Å²) in [5.74, 6) is -0.00274. The third-order valence-corrected chi connectivity index (χ3v) is 3.74. The van der Waals surface area contributed by atoms with E-state index in [2.05, 4.69) is 4.98 Å². The predicted octanol–water partition coefficient (Wildman–Crippen LogP) is 2.16. The predicted molar refractivity (Wildman–Crippen MR) is 78.2 cm³/mol. The van der Waals surface area contributed by atoms with Gasteiger partial charge in [0.15, 0.2) is 0 Å². The Labute approximate surface area is 125 Å². The second-order valence-electron chi connectivity index (χ2n) is 5.26. The van der Waals surface area contributed by atoms with Gasteiger partial charge in [0.25, 0.3) is 0 Å². The van der Waals surface area contributed by atoms with Crippen molar-refractivity contribution in [3.8, 4) is 0 Å². The molecule has 5 heteroatoms. The molecule has 1 fully saturated rings. The molecule has 0 saturated heterocycles. The lowest BCUT2D eigenvalue weighted by Crippen LogP contribution is -2.39. The van der Waals surface area contributed by atoms with Gasteiger partial charge in [-0.15, -0.1) is 0 Å². The minimum Gasteiger partial charge on any atom is -0.466 e. The zero-order chi connectivity index (χ0) is 15.1. The summed E-state index contributed by atoms with van der Waals surface area (Å²) in [6.07, 6.45) is 4.98. The topological polar surface area (TPSA) is 59.5 Å². The molecule has 21 heavy (non-hydrogen) atoms. The fourth-order valence-corrected chi connectivity index (χ4v) is 2.33. The molecule has 1 aliphatic carbocycles. The zero-order valence-corrected chi connectivity index (χ0v) is 12.5. The second-order valence-corrected chi connectivity index (χ2v) is 5.26. The SMILES string of the molecule is CCOC(=O)CCN(Cc1ccccn1)C(=O)C1CCC1. The first-order valence-corrected chi connectivity index (χ1v) is 7.55. The van der Waals surface area contributed by atoms with Gasteiger partial charge < -0.3 is 9.64 Å². The van der Waals surface area contributed by atoms with Gasteiger partial charge in [0.05, 0.1) is 25.3 Å². The van der Waals surface area contributed by atoms with Gasteiger partial charge in [-0.25, -0.2) is 0 Å². The Kier molecular flexibility index (Phi) is 5.72. The summed E-state index contributed by atoms with van der Waals surface area (Å²) < 4.78 is 4.93. The molecule has 1 saturated carbocycles. The van der Waals surface area contributed by atoms with Crippen LogP contribution in [0.25, 0.3) is 0 Å². The first-order valence-electron chi connectivity index (χ1n) is 7.55. The van der Waals surface area contributed by atoms with Crippen molar-refractivity contribution >= 4 is 11.9 Å². The van der Waals surface area contributed by atoms with Gasteiger partial charge in [-0.2, -0.15) is 0 Å². The molecule has 1 amide bonds. The third-order valence-electron chi connectivity index (χ3n) is 3.74. The summed E-state index contributed by atoms with van der Waals surface area (Å²) in [7, 11) is 0. The number of hydrogen-bond acceptors (Lipinski definition) is 4. The van der Waals surface area contributed by atoms with Crippen molar-refractivity contribution in [2.45, 2.75) is 39.2 Å². The molecule has 1 aromatic heterocycles. The van der Waals surface area contributed by atoms with E-state index in [9.17, 15) is 9.59 Å². The molecular formula is C16H22N2O3. The Balaban J connectivity index is 1.96. The maximum absolute atomic E-state index is 12.4. The van der Waals surface area contributed by atoms with Crippen molar-refractivity contribution in [3.63, 3.8) is 0 Å². The highest BCUT2D eigenvalue weighted by Crippen LogP contribution is 2.28. The lowest BCUT2D eigenvalue weighted by atomic mass is 9.84. The summed E-state index contributed by atoms with van der Waals surface area (Å²) >= 11 is 0. The molecule has 1 heterocycles. The van der Waals surface area contributed by atoms with Gasteiger partial charge in [0.2, 0.25) is 5.91 Å². The van der Waals surface area contributed by atoms with E-state index in [1.165, 1.54) is 0 Å². The Morgan fingerprint density at radius 2 is 2.19 bits per heavy atom. The molecule has 5 nitrogen and oxygen atoms in total. The Bertz CT molecular complexity index is 472. The summed E-state index contributed by atoms with van der Waals surface area (Å²) in [5, 5.41) is 0. The summed E-state index contributed by atoms with van der Waals surface area (Å²) in [6.45, 7) is 3.00. The molecule has 0 bridgehead atoms. The molecule has 1 aliphatic rings. The molecule has 0 aliphatic heterocycles. The molecule has 1 aromatic rings. The van der Waals surface area contributed by atoms with E-state index in [4.69, 9.17) is 4.74 Å². The van der Waals surface area contributed by atoms with E-state index in [0.29, 0.717) is 19.7 Å². The number of ether oxygens (including phenoxy) is 1. The number of rotatable bonds is 7. The number of esters is 1. The van der Waals surface area contributed by atoms with Gasteiger partial charge in [0.1, 0.15) is 0 Å². The average molecular weight is 290 g/mol. The number of carbonyl (C=O) groups is 2. The van der Waals surface area contributed by atoms with E-state index in [0.717, 1.165) is 25.0 Å². The van der Waals surface area contributed by atoms with Crippen LogP contribution in [0.15, 0.2) is 24.4 Å². The van der Waals surface area contributed by atoms with Crippen molar-refractivity contribution in [1.82, 2.24) is 9.88 Å². The van der Waals surface area contributed by atoms with E-state index in [1.54, 1.807) is 18.0 Å². The van der Waals surface area contributed by atoms with Gasteiger partial charge in [-0.1, -0.05) is 12.5 Å². The lowest BCUT2D eigenvalue weighted by molar-refractivity contribution is -0.145. The third kappa shape index (κ3) is 4.55. The highest BCUT2D eigenvalue weighted by Gasteiger charge is 2.29. The average Bonchev–Trinajstić information content (AvgIpc) is 2.43. The van der Waals surface area contributed by atoms with Crippen molar-refractivity contribution in [2.24, 2.45) is 5.92 Å². The van der Waals surface area contributed by atoms with Crippen LogP contribution in [-0.4, -0.2) is 34.9 Å². The van der Waals surface area contributed by atoms with Gasteiger partial charge in [-0.05, 0) is 31.9 Å². The van der Waals surface area contributed by atoms with Crippen molar-refractivity contribution in [2.75, 3.05) is 13.2 Å². The standard InChI is InChI=1S/C16H22N2O3/c1-2-21-15(19)9-11-18(16(20)13-6-5-7-13)12-14-8-3-4-10-17-14/h3-4,8,10,13H,2,5-7,9,11-12H2,1H3. The van der Waals surface area contributed by atoms with Crippen LogP contribution in [0.3, 0.4) is 0 Å². The Hall–Kier alpha value is -1.91. The fraction of sp³-hybridized carbons (Fsp3) is 0.562. The smallest absolute Gasteiger partial charge is 0.307 e. The number of pyridine rings is 1. The van der Waals surface area contributed by atoms with E-state index in [-0.39, 0.29) is 24.2 Å². The lowest BCUT2D eigenvalue weighted by Gasteiger charge is -2.31. The first kappa shape index (κ1) is 15.5. The van der Waals surface area contributed by atoms with Crippen LogP contribution >= 0.6 is 0 Å². The van der Waals surface area contributed by atoms with Gasteiger partial charge in [0, 0.05) is 18.7 Å².